The molecule has 0 saturated carbocycles. The predicted molar refractivity (Wildman–Crippen MR) is 87.8 cm³/mol. The molecule has 112 valence electrons. The lowest BCUT2D eigenvalue weighted by atomic mass is 10.1. The second kappa shape index (κ2) is 7.13. The van der Waals surface area contributed by atoms with Crippen molar-refractivity contribution in [3.05, 3.63) is 46.2 Å². The number of thiophene rings is 1. The molecule has 5 heteroatoms. The number of carbonyl (C=O) groups excluding carboxylic acids is 1. The molecular weight excluding hydrogens is 284 g/mol. The SMILES string of the molecule is CCOC(=O)c1cccc(NC(CC)c2cccs2)c1N. The first-order valence-electron chi connectivity index (χ1n) is 7.02. The van der Waals surface area contributed by atoms with Crippen LogP contribution in [0.1, 0.15) is 41.5 Å². The van der Waals surface area contributed by atoms with E-state index in [4.69, 9.17) is 10.5 Å². The normalized spacial score (nSPS) is 11.9. The van der Waals surface area contributed by atoms with Gasteiger partial charge in [0.05, 0.1) is 29.6 Å². The van der Waals surface area contributed by atoms with Crippen LogP contribution >= 0.6 is 11.3 Å². The summed E-state index contributed by atoms with van der Waals surface area (Å²) in [5, 5.41) is 5.47. The molecule has 1 heterocycles. The molecule has 1 unspecified atom stereocenters. The van der Waals surface area contributed by atoms with Gasteiger partial charge in [-0.25, -0.2) is 4.79 Å². The van der Waals surface area contributed by atoms with Crippen LogP contribution in [0.5, 0.6) is 0 Å². The molecule has 0 aliphatic rings. The maximum absolute atomic E-state index is 11.9. The van der Waals surface area contributed by atoms with Gasteiger partial charge >= 0.3 is 5.97 Å². The number of carbonyl (C=O) groups is 1. The summed E-state index contributed by atoms with van der Waals surface area (Å²) >= 11 is 1.70. The lowest BCUT2D eigenvalue weighted by Gasteiger charge is -2.19. The minimum Gasteiger partial charge on any atom is -0.462 e. The van der Waals surface area contributed by atoms with Gasteiger partial charge in [-0.2, -0.15) is 0 Å². The van der Waals surface area contributed by atoms with E-state index in [1.807, 2.05) is 18.2 Å². The number of nitrogen functional groups attached to an aromatic ring is 1. The first-order chi connectivity index (χ1) is 10.2. The average molecular weight is 304 g/mol. The van der Waals surface area contributed by atoms with Gasteiger partial charge in [-0.15, -0.1) is 11.3 Å². The zero-order valence-electron chi connectivity index (χ0n) is 12.3. The largest absolute Gasteiger partial charge is 0.462 e. The summed E-state index contributed by atoms with van der Waals surface area (Å²) in [6, 6.07) is 9.69. The number of rotatable bonds is 6. The molecule has 2 aromatic rings. The maximum atomic E-state index is 11.9. The molecule has 0 radical (unpaired) electrons. The maximum Gasteiger partial charge on any atom is 0.340 e. The second-order valence-corrected chi connectivity index (χ2v) is 5.59. The van der Waals surface area contributed by atoms with Gasteiger partial charge in [0.25, 0.3) is 0 Å². The number of para-hydroxylation sites is 1. The first-order valence-corrected chi connectivity index (χ1v) is 7.90. The van der Waals surface area contributed by atoms with Crippen molar-refractivity contribution in [3.8, 4) is 0 Å². The van der Waals surface area contributed by atoms with Crippen LogP contribution in [0.25, 0.3) is 0 Å². The molecule has 0 saturated heterocycles. The standard InChI is InChI=1S/C16H20N2O2S/c1-3-12(14-9-6-10-21-14)18-13-8-5-7-11(15(13)17)16(19)20-4-2/h5-10,12,18H,3-4,17H2,1-2H3. The molecule has 2 rings (SSSR count). The Morgan fingerprint density at radius 1 is 1.33 bits per heavy atom. The molecular formula is C16H20N2O2S. The molecule has 3 N–H and O–H groups in total. The highest BCUT2D eigenvalue weighted by Crippen LogP contribution is 2.30. The van der Waals surface area contributed by atoms with E-state index in [-0.39, 0.29) is 12.0 Å². The fraction of sp³-hybridized carbons (Fsp3) is 0.312. The number of anilines is 2. The predicted octanol–water partition coefficient (Wildman–Crippen LogP) is 4.07. The van der Waals surface area contributed by atoms with E-state index in [1.165, 1.54) is 4.88 Å². The van der Waals surface area contributed by atoms with Crippen LogP contribution in [0.3, 0.4) is 0 Å². The quantitative estimate of drug-likeness (QED) is 0.623. The number of hydrogen-bond donors (Lipinski definition) is 2. The van der Waals surface area contributed by atoms with Crippen LogP contribution in [0.15, 0.2) is 35.7 Å². The van der Waals surface area contributed by atoms with Crippen LogP contribution in [0, 0.1) is 0 Å². The Balaban J connectivity index is 2.24. The van der Waals surface area contributed by atoms with Crippen LogP contribution < -0.4 is 11.1 Å². The van der Waals surface area contributed by atoms with E-state index >= 15 is 0 Å². The van der Waals surface area contributed by atoms with E-state index < -0.39 is 0 Å². The van der Waals surface area contributed by atoms with Gasteiger partial charge in [-0.05, 0) is 36.9 Å². The van der Waals surface area contributed by atoms with E-state index in [9.17, 15) is 4.79 Å². The summed E-state index contributed by atoms with van der Waals surface area (Å²) in [5.41, 5.74) is 7.72. The Morgan fingerprint density at radius 2 is 2.14 bits per heavy atom. The lowest BCUT2D eigenvalue weighted by molar-refractivity contribution is 0.0527. The number of nitrogens with one attached hydrogen (secondary N) is 1. The highest BCUT2D eigenvalue weighted by atomic mass is 32.1. The van der Waals surface area contributed by atoms with Crippen LogP contribution in [0.4, 0.5) is 11.4 Å². The number of benzene rings is 1. The van der Waals surface area contributed by atoms with E-state index in [1.54, 1.807) is 24.3 Å². The Labute approximate surface area is 128 Å². The summed E-state index contributed by atoms with van der Waals surface area (Å²) in [5.74, 6) is -0.386. The summed E-state index contributed by atoms with van der Waals surface area (Å²) in [6.07, 6.45) is 0.934. The van der Waals surface area contributed by atoms with Gasteiger partial charge in [0.2, 0.25) is 0 Å². The lowest BCUT2D eigenvalue weighted by Crippen LogP contribution is -2.13. The van der Waals surface area contributed by atoms with Crippen LogP contribution in [0.2, 0.25) is 0 Å². The highest BCUT2D eigenvalue weighted by molar-refractivity contribution is 7.10. The zero-order valence-corrected chi connectivity index (χ0v) is 13.1. The molecule has 0 amide bonds. The molecule has 1 atom stereocenters. The van der Waals surface area contributed by atoms with Crippen molar-refractivity contribution < 1.29 is 9.53 Å². The van der Waals surface area contributed by atoms with Crippen LogP contribution in [-0.4, -0.2) is 12.6 Å². The Kier molecular flexibility index (Phi) is 5.22. The first kappa shape index (κ1) is 15.4. The van der Waals surface area contributed by atoms with E-state index in [0.29, 0.717) is 17.9 Å². The summed E-state index contributed by atoms with van der Waals surface area (Å²) < 4.78 is 5.02. The number of hydrogen-bond acceptors (Lipinski definition) is 5. The molecule has 1 aromatic heterocycles. The molecule has 0 bridgehead atoms. The van der Waals surface area contributed by atoms with E-state index in [0.717, 1.165) is 12.1 Å². The van der Waals surface area contributed by atoms with Gasteiger partial charge in [0, 0.05) is 4.88 Å². The molecule has 1 aromatic carbocycles. The smallest absolute Gasteiger partial charge is 0.340 e. The molecule has 0 spiro atoms. The fourth-order valence-electron chi connectivity index (χ4n) is 2.13. The summed E-state index contributed by atoms with van der Waals surface area (Å²) in [4.78, 5) is 13.1. The summed E-state index contributed by atoms with van der Waals surface area (Å²) in [7, 11) is 0. The third kappa shape index (κ3) is 3.55. The Bertz CT molecular complexity index is 596. The molecule has 0 aliphatic heterocycles. The Morgan fingerprint density at radius 3 is 2.76 bits per heavy atom. The van der Waals surface area contributed by atoms with Gasteiger partial charge in [-0.1, -0.05) is 19.1 Å². The second-order valence-electron chi connectivity index (χ2n) is 4.61. The fourth-order valence-corrected chi connectivity index (χ4v) is 2.99. The number of nitrogens with two attached hydrogens (primary N) is 1. The minimum absolute atomic E-state index is 0.185. The monoisotopic (exact) mass is 304 g/mol. The highest BCUT2D eigenvalue weighted by Gasteiger charge is 2.16. The van der Waals surface area contributed by atoms with Crippen molar-refractivity contribution in [2.75, 3.05) is 17.7 Å². The van der Waals surface area contributed by atoms with Gasteiger partial charge in [-0.3, -0.25) is 0 Å². The minimum atomic E-state index is -0.386. The molecule has 0 fully saturated rings. The van der Waals surface area contributed by atoms with E-state index in [2.05, 4.69) is 23.7 Å². The zero-order chi connectivity index (χ0) is 15.2. The van der Waals surface area contributed by atoms with Gasteiger partial charge in [0.1, 0.15) is 0 Å². The third-order valence-electron chi connectivity index (χ3n) is 3.23. The van der Waals surface area contributed by atoms with Crippen molar-refractivity contribution in [2.45, 2.75) is 26.3 Å². The van der Waals surface area contributed by atoms with Crippen molar-refractivity contribution in [1.82, 2.24) is 0 Å². The van der Waals surface area contributed by atoms with Crippen molar-refractivity contribution in [2.24, 2.45) is 0 Å². The topological polar surface area (TPSA) is 64.3 Å². The summed E-state index contributed by atoms with van der Waals surface area (Å²) in [6.45, 7) is 4.23. The molecule has 21 heavy (non-hydrogen) atoms. The molecule has 4 nitrogen and oxygen atoms in total. The average Bonchev–Trinajstić information content (AvgIpc) is 3.00. The van der Waals surface area contributed by atoms with Crippen molar-refractivity contribution in [1.29, 1.82) is 0 Å². The van der Waals surface area contributed by atoms with Gasteiger partial charge in [0.15, 0.2) is 0 Å². The van der Waals surface area contributed by atoms with Crippen LogP contribution in [-0.2, 0) is 4.74 Å². The Hall–Kier alpha value is -2.01. The van der Waals surface area contributed by atoms with Gasteiger partial charge < -0.3 is 15.8 Å². The van der Waals surface area contributed by atoms with Crippen molar-refractivity contribution in [3.63, 3.8) is 0 Å². The third-order valence-corrected chi connectivity index (χ3v) is 4.21. The van der Waals surface area contributed by atoms with Crippen molar-refractivity contribution >= 4 is 28.7 Å². The number of ether oxygens (including phenoxy) is 1. The number of esters is 1. The molecule has 0 aliphatic carbocycles.